The molecule has 27 heavy (non-hydrogen) atoms. The molecule has 3 N–H and O–H groups in total. The van der Waals surface area contributed by atoms with Crippen LogP contribution in [0.4, 0.5) is 19.0 Å². The van der Waals surface area contributed by atoms with Crippen molar-refractivity contribution in [1.82, 2.24) is 14.4 Å². The molecule has 2 aromatic heterocycles. The molecule has 9 heteroatoms. The van der Waals surface area contributed by atoms with Gasteiger partial charge in [-0.2, -0.15) is 13.2 Å². The van der Waals surface area contributed by atoms with Crippen LogP contribution in [-0.2, 0) is 6.18 Å². The molecule has 0 bridgehead atoms. The number of phenols is 2. The lowest BCUT2D eigenvalue weighted by atomic mass is 10.1. The Balaban J connectivity index is 2.07. The first-order chi connectivity index (χ1) is 12.8. The van der Waals surface area contributed by atoms with Gasteiger partial charge in [0.1, 0.15) is 0 Å². The van der Waals surface area contributed by atoms with E-state index < -0.39 is 11.7 Å². The van der Waals surface area contributed by atoms with Gasteiger partial charge in [-0.15, -0.1) is 0 Å². The number of halogens is 3. The molecule has 138 valence electrons. The normalized spacial score (nSPS) is 12.0. The second kappa shape index (κ2) is 5.76. The molecular weight excluding hydrogens is 361 g/mol. The maximum absolute atomic E-state index is 13.1. The van der Waals surface area contributed by atoms with Crippen LogP contribution in [0.1, 0.15) is 5.56 Å². The van der Waals surface area contributed by atoms with Crippen LogP contribution in [0.3, 0.4) is 0 Å². The van der Waals surface area contributed by atoms with Crippen LogP contribution in [0.15, 0.2) is 42.6 Å². The maximum atomic E-state index is 13.1. The van der Waals surface area contributed by atoms with E-state index in [1.54, 1.807) is 17.5 Å². The van der Waals surface area contributed by atoms with Gasteiger partial charge < -0.3 is 15.5 Å². The molecule has 0 aliphatic heterocycles. The highest BCUT2D eigenvalue weighted by Gasteiger charge is 2.31. The van der Waals surface area contributed by atoms with E-state index in [2.05, 4.69) is 15.3 Å². The fourth-order valence-electron chi connectivity index (χ4n) is 2.97. The highest BCUT2D eigenvalue weighted by molar-refractivity contribution is 5.86. The Hall–Kier alpha value is -3.49. The molecule has 6 nitrogen and oxygen atoms in total. The van der Waals surface area contributed by atoms with E-state index in [1.807, 2.05) is 0 Å². The zero-order valence-electron chi connectivity index (χ0n) is 13.9. The first-order valence-corrected chi connectivity index (χ1v) is 7.88. The molecule has 0 spiro atoms. The number of hydrogen-bond donors (Lipinski definition) is 3. The molecule has 2 aromatic carbocycles. The van der Waals surface area contributed by atoms with Gasteiger partial charge in [-0.25, -0.2) is 9.97 Å². The van der Waals surface area contributed by atoms with Gasteiger partial charge in [0.2, 0.25) is 0 Å². The summed E-state index contributed by atoms with van der Waals surface area (Å²) in [6.45, 7) is 0. The molecule has 0 atom stereocenters. The van der Waals surface area contributed by atoms with E-state index in [9.17, 15) is 23.4 Å². The molecule has 0 fully saturated rings. The van der Waals surface area contributed by atoms with E-state index in [1.165, 1.54) is 24.4 Å². The van der Waals surface area contributed by atoms with E-state index in [0.717, 1.165) is 12.1 Å². The molecule has 0 amide bonds. The lowest BCUT2D eigenvalue weighted by Gasteiger charge is -2.12. The molecule has 4 aromatic rings. The van der Waals surface area contributed by atoms with E-state index in [-0.39, 0.29) is 17.0 Å². The van der Waals surface area contributed by atoms with Crippen LogP contribution < -0.4 is 5.32 Å². The highest BCUT2D eigenvalue weighted by Crippen LogP contribution is 2.35. The van der Waals surface area contributed by atoms with Crippen molar-refractivity contribution in [2.45, 2.75) is 6.18 Å². The van der Waals surface area contributed by atoms with Crippen LogP contribution in [0.25, 0.3) is 27.9 Å². The molecule has 2 heterocycles. The third-order valence-electron chi connectivity index (χ3n) is 4.26. The summed E-state index contributed by atoms with van der Waals surface area (Å²) in [6, 6.07) is 7.56. The Morgan fingerprint density at radius 1 is 1.04 bits per heavy atom. The fraction of sp³-hybridized carbons (Fsp3) is 0.111. The number of fused-ring (bicyclic) bond motifs is 3. The van der Waals surface area contributed by atoms with Crippen molar-refractivity contribution in [2.75, 3.05) is 12.4 Å². The topological polar surface area (TPSA) is 82.7 Å². The average Bonchev–Trinajstić information content (AvgIpc) is 3.07. The predicted octanol–water partition coefficient (Wildman–Crippen LogP) is 4.02. The Morgan fingerprint density at radius 3 is 2.48 bits per heavy atom. The third-order valence-corrected chi connectivity index (χ3v) is 4.26. The van der Waals surface area contributed by atoms with Gasteiger partial charge in [-0.3, -0.25) is 4.40 Å². The molecule has 0 aliphatic carbocycles. The zero-order chi connectivity index (χ0) is 19.3. The summed E-state index contributed by atoms with van der Waals surface area (Å²) in [5, 5.41) is 22.1. The first-order valence-electron chi connectivity index (χ1n) is 7.88. The number of phenolic OH excluding ortho intramolecular Hbond substituents is 2. The molecule has 4 rings (SSSR count). The molecule has 0 unspecified atom stereocenters. The lowest BCUT2D eigenvalue weighted by molar-refractivity contribution is -0.137. The van der Waals surface area contributed by atoms with Crippen LogP contribution in [0.5, 0.6) is 11.5 Å². The van der Waals surface area contributed by atoms with Gasteiger partial charge in [0.15, 0.2) is 23.0 Å². The summed E-state index contributed by atoms with van der Waals surface area (Å²) in [6.07, 6.45) is -2.95. The summed E-state index contributed by atoms with van der Waals surface area (Å²) in [7, 11) is 1.60. The Labute approximate surface area is 150 Å². The Kier molecular flexibility index (Phi) is 3.62. The van der Waals surface area contributed by atoms with Crippen molar-refractivity contribution in [2.24, 2.45) is 0 Å². The van der Waals surface area contributed by atoms with Crippen molar-refractivity contribution >= 4 is 22.5 Å². The van der Waals surface area contributed by atoms with E-state index in [0.29, 0.717) is 28.2 Å². The SMILES string of the molecule is CNc1nc2cc(C(F)(F)F)ccc2n2c(-c3ccc(O)c(O)c3)cnc12. The van der Waals surface area contributed by atoms with Crippen molar-refractivity contribution in [3.05, 3.63) is 48.2 Å². The van der Waals surface area contributed by atoms with Crippen molar-refractivity contribution < 1.29 is 23.4 Å². The third kappa shape index (κ3) is 2.67. The van der Waals surface area contributed by atoms with Gasteiger partial charge in [-0.1, -0.05) is 0 Å². The van der Waals surface area contributed by atoms with Gasteiger partial charge in [-0.05, 0) is 36.4 Å². The average molecular weight is 374 g/mol. The number of nitrogens with one attached hydrogen (secondary N) is 1. The monoisotopic (exact) mass is 374 g/mol. The standard InChI is InChI=1S/C18H13F3N4O2/c1-22-16-17-23-8-13(9-2-5-14(26)15(27)6-9)25(17)12-4-3-10(18(19,20)21)7-11(12)24-16/h2-8,26-27H,1H3,(H,22,24). The number of aromatic nitrogens is 3. The molecule has 0 saturated carbocycles. The van der Waals surface area contributed by atoms with Crippen molar-refractivity contribution in [3.63, 3.8) is 0 Å². The van der Waals surface area contributed by atoms with Crippen LogP contribution in [0, 0.1) is 0 Å². The first kappa shape index (κ1) is 17.0. The summed E-state index contributed by atoms with van der Waals surface area (Å²) >= 11 is 0. The Morgan fingerprint density at radius 2 is 1.81 bits per heavy atom. The van der Waals surface area contributed by atoms with Gasteiger partial charge >= 0.3 is 6.18 Å². The predicted molar refractivity (Wildman–Crippen MR) is 93.8 cm³/mol. The Bertz CT molecular complexity index is 1180. The number of rotatable bonds is 2. The second-order valence-corrected chi connectivity index (χ2v) is 5.92. The number of aromatic hydroxyl groups is 2. The summed E-state index contributed by atoms with van der Waals surface area (Å²) in [4.78, 5) is 8.56. The lowest BCUT2D eigenvalue weighted by Crippen LogP contribution is -2.06. The maximum Gasteiger partial charge on any atom is 0.416 e. The minimum absolute atomic E-state index is 0.143. The fourth-order valence-corrected chi connectivity index (χ4v) is 2.97. The quantitative estimate of drug-likeness (QED) is 0.462. The number of hydrogen-bond acceptors (Lipinski definition) is 5. The largest absolute Gasteiger partial charge is 0.504 e. The summed E-state index contributed by atoms with van der Waals surface area (Å²) < 4.78 is 40.8. The zero-order valence-corrected chi connectivity index (χ0v) is 13.9. The van der Waals surface area contributed by atoms with Gasteiger partial charge in [0.05, 0.1) is 28.5 Å². The van der Waals surface area contributed by atoms with E-state index in [4.69, 9.17) is 0 Å². The molecule has 0 aliphatic rings. The number of benzene rings is 2. The molecule has 0 radical (unpaired) electrons. The minimum Gasteiger partial charge on any atom is -0.504 e. The van der Waals surface area contributed by atoms with Crippen LogP contribution in [-0.4, -0.2) is 31.6 Å². The number of anilines is 1. The van der Waals surface area contributed by atoms with Crippen LogP contribution in [0.2, 0.25) is 0 Å². The summed E-state index contributed by atoms with van der Waals surface area (Å²) in [5.74, 6) is -0.269. The molecular formula is C18H13F3N4O2. The van der Waals surface area contributed by atoms with Crippen LogP contribution >= 0.6 is 0 Å². The number of alkyl halides is 3. The van der Waals surface area contributed by atoms with E-state index >= 15 is 0 Å². The number of imidazole rings is 1. The number of nitrogens with zero attached hydrogens (tertiary/aromatic N) is 3. The van der Waals surface area contributed by atoms with Crippen molar-refractivity contribution in [1.29, 1.82) is 0 Å². The summed E-state index contributed by atoms with van der Waals surface area (Å²) in [5.41, 5.74) is 1.26. The molecule has 0 saturated heterocycles. The van der Waals surface area contributed by atoms with Gasteiger partial charge in [0, 0.05) is 12.6 Å². The second-order valence-electron chi connectivity index (χ2n) is 5.92. The van der Waals surface area contributed by atoms with Crippen molar-refractivity contribution in [3.8, 4) is 22.8 Å². The minimum atomic E-state index is -4.48. The highest BCUT2D eigenvalue weighted by atomic mass is 19.4. The van der Waals surface area contributed by atoms with Gasteiger partial charge in [0.25, 0.3) is 0 Å². The smallest absolute Gasteiger partial charge is 0.416 e.